The molecule has 20 heavy (non-hydrogen) atoms. The van der Waals surface area contributed by atoms with Gasteiger partial charge in [0.25, 0.3) is 0 Å². The summed E-state index contributed by atoms with van der Waals surface area (Å²) in [7, 11) is 1.78. The van der Waals surface area contributed by atoms with Gasteiger partial charge in [0.1, 0.15) is 5.92 Å². The molecule has 0 aliphatic carbocycles. The zero-order valence-electron chi connectivity index (χ0n) is 11.0. The molecule has 2 aromatic rings. The number of para-hydroxylation sites is 2. The number of benzene rings is 2. The van der Waals surface area contributed by atoms with Crippen molar-refractivity contribution in [1.82, 2.24) is 0 Å². The second kappa shape index (κ2) is 5.06. The lowest BCUT2D eigenvalue weighted by molar-refractivity contribution is -0.117. The zero-order chi connectivity index (χ0) is 14.1. The van der Waals surface area contributed by atoms with Crippen LogP contribution in [0.5, 0.6) is 0 Å². The minimum absolute atomic E-state index is 0.0135. The molecule has 1 aliphatic rings. The Morgan fingerprint density at radius 1 is 1.10 bits per heavy atom. The van der Waals surface area contributed by atoms with Crippen molar-refractivity contribution < 1.29 is 4.79 Å². The van der Waals surface area contributed by atoms with E-state index >= 15 is 0 Å². The van der Waals surface area contributed by atoms with Crippen LogP contribution >= 0.6 is 12.2 Å². The zero-order valence-corrected chi connectivity index (χ0v) is 11.9. The fourth-order valence-corrected chi connectivity index (χ4v) is 2.82. The van der Waals surface area contributed by atoms with Crippen LogP contribution in [0.1, 0.15) is 11.5 Å². The quantitative estimate of drug-likeness (QED) is 0.859. The summed E-state index contributed by atoms with van der Waals surface area (Å²) in [6.45, 7) is 0. The largest absolute Gasteiger partial charge is 0.349 e. The van der Waals surface area contributed by atoms with Crippen molar-refractivity contribution in [3.8, 4) is 0 Å². The van der Waals surface area contributed by atoms with Crippen LogP contribution in [-0.2, 0) is 4.79 Å². The Morgan fingerprint density at radius 2 is 1.75 bits per heavy atom. The van der Waals surface area contributed by atoms with Gasteiger partial charge in [-0.3, -0.25) is 4.79 Å². The Morgan fingerprint density at radius 3 is 2.50 bits per heavy atom. The smallest absolute Gasteiger partial charge is 0.241 e. The van der Waals surface area contributed by atoms with Crippen LogP contribution in [0, 0.1) is 0 Å². The number of hydrogen-bond donors (Lipinski definition) is 1. The summed E-state index contributed by atoms with van der Waals surface area (Å²) < 4.78 is 0. The molecule has 1 amide bonds. The number of likely N-dealkylation sites (N-methyl/N-ethyl adjacent to an activating group) is 1. The highest BCUT2D eigenvalue weighted by molar-refractivity contribution is 7.80. The number of thiocarbonyl (C=S) groups is 1. The van der Waals surface area contributed by atoms with Crippen molar-refractivity contribution in [3.05, 3.63) is 60.2 Å². The Bertz CT molecular complexity index is 669. The van der Waals surface area contributed by atoms with E-state index in [4.69, 9.17) is 12.2 Å². The van der Waals surface area contributed by atoms with Gasteiger partial charge in [-0.05, 0) is 23.8 Å². The van der Waals surface area contributed by atoms with Crippen LogP contribution in [0.25, 0.3) is 0 Å². The summed E-state index contributed by atoms with van der Waals surface area (Å²) in [6.07, 6.45) is 0. The maximum atomic E-state index is 12.4. The van der Waals surface area contributed by atoms with E-state index in [9.17, 15) is 4.79 Å². The van der Waals surface area contributed by atoms with E-state index in [1.807, 2.05) is 54.6 Å². The molecule has 3 rings (SSSR count). The van der Waals surface area contributed by atoms with E-state index in [1.54, 1.807) is 11.9 Å². The molecule has 0 saturated heterocycles. The highest BCUT2D eigenvalue weighted by Gasteiger charge is 2.37. The summed E-state index contributed by atoms with van der Waals surface area (Å²) in [4.78, 5) is 14.6. The molecular weight excluding hydrogens is 268 g/mol. The minimum Gasteiger partial charge on any atom is -0.349 e. The van der Waals surface area contributed by atoms with Crippen molar-refractivity contribution in [2.24, 2.45) is 0 Å². The SMILES string of the molecule is CN1C(=O)C(C(=S)Nc2ccccc2)c2ccccc21. The van der Waals surface area contributed by atoms with Gasteiger partial charge in [-0.25, -0.2) is 0 Å². The Hall–Kier alpha value is -2.20. The van der Waals surface area contributed by atoms with E-state index < -0.39 is 5.92 Å². The Kier molecular flexibility index (Phi) is 3.24. The number of hydrogen-bond acceptors (Lipinski definition) is 2. The van der Waals surface area contributed by atoms with Crippen molar-refractivity contribution >= 4 is 34.5 Å². The summed E-state index contributed by atoms with van der Waals surface area (Å²) in [6, 6.07) is 17.4. The number of nitrogens with zero attached hydrogens (tertiary/aromatic N) is 1. The number of amides is 1. The number of carbonyl (C=O) groups excluding carboxylic acids is 1. The standard InChI is InChI=1S/C16H14N2OS/c1-18-13-10-6-5-9-12(13)14(16(18)19)15(20)17-11-7-3-2-4-8-11/h2-10,14H,1H3,(H,17,20). The van der Waals surface area contributed by atoms with Gasteiger partial charge in [-0.15, -0.1) is 0 Å². The van der Waals surface area contributed by atoms with Crippen LogP contribution in [0.3, 0.4) is 0 Å². The first kappa shape index (κ1) is 12.8. The monoisotopic (exact) mass is 282 g/mol. The topological polar surface area (TPSA) is 32.3 Å². The van der Waals surface area contributed by atoms with Gasteiger partial charge >= 0.3 is 0 Å². The molecule has 0 saturated carbocycles. The predicted molar refractivity (Wildman–Crippen MR) is 85.3 cm³/mol. The summed E-state index contributed by atoms with van der Waals surface area (Å²) in [5.74, 6) is -0.383. The van der Waals surface area contributed by atoms with Crippen LogP contribution < -0.4 is 10.2 Å². The minimum atomic E-state index is -0.397. The molecular formula is C16H14N2OS. The lowest BCUT2D eigenvalue weighted by Gasteiger charge is -2.14. The van der Waals surface area contributed by atoms with E-state index in [1.165, 1.54) is 0 Å². The number of nitrogens with one attached hydrogen (secondary N) is 1. The number of carbonyl (C=O) groups is 1. The van der Waals surface area contributed by atoms with Gasteiger partial charge in [0.05, 0.1) is 4.99 Å². The molecule has 100 valence electrons. The van der Waals surface area contributed by atoms with Gasteiger partial charge in [-0.1, -0.05) is 48.6 Å². The summed E-state index contributed by atoms with van der Waals surface area (Å²) >= 11 is 5.44. The Balaban J connectivity index is 1.91. The number of anilines is 2. The molecule has 0 aromatic heterocycles. The average molecular weight is 282 g/mol. The molecule has 1 aliphatic heterocycles. The van der Waals surface area contributed by atoms with Crippen LogP contribution in [-0.4, -0.2) is 17.9 Å². The average Bonchev–Trinajstić information content (AvgIpc) is 2.72. The second-order valence-electron chi connectivity index (χ2n) is 4.74. The van der Waals surface area contributed by atoms with Gasteiger partial charge in [0, 0.05) is 18.4 Å². The van der Waals surface area contributed by atoms with Crippen molar-refractivity contribution in [3.63, 3.8) is 0 Å². The highest BCUT2D eigenvalue weighted by atomic mass is 32.1. The molecule has 2 aromatic carbocycles. The predicted octanol–water partition coefficient (Wildman–Crippen LogP) is 3.19. The summed E-state index contributed by atoms with van der Waals surface area (Å²) in [5.41, 5.74) is 2.80. The first-order valence-electron chi connectivity index (χ1n) is 6.41. The second-order valence-corrected chi connectivity index (χ2v) is 5.18. The van der Waals surface area contributed by atoms with Crippen molar-refractivity contribution in [2.45, 2.75) is 5.92 Å². The molecule has 0 bridgehead atoms. The first-order valence-corrected chi connectivity index (χ1v) is 6.81. The molecule has 4 heteroatoms. The maximum Gasteiger partial charge on any atom is 0.241 e. The fraction of sp³-hybridized carbons (Fsp3) is 0.125. The molecule has 1 atom stereocenters. The first-order chi connectivity index (χ1) is 9.68. The third kappa shape index (κ3) is 2.08. The fourth-order valence-electron chi connectivity index (χ4n) is 2.47. The molecule has 1 heterocycles. The van der Waals surface area contributed by atoms with Gasteiger partial charge in [-0.2, -0.15) is 0 Å². The maximum absolute atomic E-state index is 12.4. The third-order valence-corrected chi connectivity index (χ3v) is 3.83. The molecule has 0 radical (unpaired) electrons. The van der Waals surface area contributed by atoms with E-state index in [0.717, 1.165) is 16.9 Å². The van der Waals surface area contributed by atoms with Crippen LogP contribution in [0.2, 0.25) is 0 Å². The van der Waals surface area contributed by atoms with Gasteiger partial charge in [0.2, 0.25) is 5.91 Å². The molecule has 0 spiro atoms. The van der Waals surface area contributed by atoms with Crippen molar-refractivity contribution in [2.75, 3.05) is 17.3 Å². The van der Waals surface area contributed by atoms with Gasteiger partial charge < -0.3 is 10.2 Å². The lowest BCUT2D eigenvalue weighted by atomic mass is 10.0. The lowest BCUT2D eigenvalue weighted by Crippen LogP contribution is -2.30. The van der Waals surface area contributed by atoms with E-state index in [2.05, 4.69) is 5.32 Å². The molecule has 1 unspecified atom stereocenters. The van der Waals surface area contributed by atoms with E-state index in [-0.39, 0.29) is 5.91 Å². The van der Waals surface area contributed by atoms with E-state index in [0.29, 0.717) is 4.99 Å². The molecule has 1 N–H and O–H groups in total. The Labute approximate surface area is 123 Å². The molecule has 3 nitrogen and oxygen atoms in total. The van der Waals surface area contributed by atoms with Crippen LogP contribution in [0.15, 0.2) is 54.6 Å². The number of fused-ring (bicyclic) bond motifs is 1. The number of rotatable bonds is 2. The molecule has 0 fully saturated rings. The normalized spacial score (nSPS) is 16.9. The summed E-state index contributed by atoms with van der Waals surface area (Å²) in [5, 5.41) is 3.16. The van der Waals surface area contributed by atoms with Crippen LogP contribution in [0.4, 0.5) is 11.4 Å². The third-order valence-electron chi connectivity index (χ3n) is 3.49. The van der Waals surface area contributed by atoms with Gasteiger partial charge in [0.15, 0.2) is 0 Å². The highest BCUT2D eigenvalue weighted by Crippen LogP contribution is 2.37. The van der Waals surface area contributed by atoms with Crippen molar-refractivity contribution in [1.29, 1.82) is 0 Å².